The first kappa shape index (κ1) is 12.5. The Kier molecular flexibility index (Phi) is 3.85. The molecule has 18 heavy (non-hydrogen) atoms. The summed E-state index contributed by atoms with van der Waals surface area (Å²) < 4.78 is 5.88. The molecule has 2 rings (SSSR count). The fourth-order valence-electron chi connectivity index (χ4n) is 1.74. The van der Waals surface area contributed by atoms with E-state index in [0.29, 0.717) is 0 Å². The molecule has 0 heterocycles. The third-order valence-electron chi connectivity index (χ3n) is 2.57. The second-order valence-corrected chi connectivity index (χ2v) is 4.52. The molecule has 0 aromatic heterocycles. The van der Waals surface area contributed by atoms with Gasteiger partial charge in [0.25, 0.3) is 0 Å². The summed E-state index contributed by atoms with van der Waals surface area (Å²) >= 11 is 0. The Morgan fingerprint density at radius 2 is 1.67 bits per heavy atom. The first-order chi connectivity index (χ1) is 8.65. The summed E-state index contributed by atoms with van der Waals surface area (Å²) in [4.78, 5) is 2.12. The highest BCUT2D eigenvalue weighted by molar-refractivity contribution is 5.44. The highest BCUT2D eigenvalue weighted by atomic mass is 16.5. The standard InChI is InChI=1S/C15H18N2O/c1-17(2)11-12-5-3-4-6-15(12)18-14-9-7-13(16)8-10-14/h3-10H,11,16H2,1-2H3. The first-order valence-corrected chi connectivity index (χ1v) is 5.91. The van der Waals surface area contributed by atoms with Gasteiger partial charge in [0, 0.05) is 17.8 Å². The molecule has 94 valence electrons. The monoisotopic (exact) mass is 242 g/mol. The normalized spacial score (nSPS) is 10.6. The Hall–Kier alpha value is -2.00. The Morgan fingerprint density at radius 1 is 1.00 bits per heavy atom. The summed E-state index contributed by atoms with van der Waals surface area (Å²) in [6, 6.07) is 15.5. The van der Waals surface area contributed by atoms with Crippen molar-refractivity contribution >= 4 is 5.69 Å². The molecule has 3 nitrogen and oxygen atoms in total. The van der Waals surface area contributed by atoms with Gasteiger partial charge in [-0.15, -0.1) is 0 Å². The van der Waals surface area contributed by atoms with Gasteiger partial charge in [-0.2, -0.15) is 0 Å². The molecule has 0 atom stereocenters. The van der Waals surface area contributed by atoms with E-state index in [1.165, 1.54) is 5.56 Å². The maximum atomic E-state index is 5.88. The molecule has 0 amide bonds. The first-order valence-electron chi connectivity index (χ1n) is 5.91. The molecule has 3 heteroatoms. The predicted octanol–water partition coefficient (Wildman–Crippen LogP) is 3.12. The molecule has 0 saturated carbocycles. The molecule has 0 saturated heterocycles. The second kappa shape index (κ2) is 5.56. The van der Waals surface area contributed by atoms with E-state index in [-0.39, 0.29) is 0 Å². The van der Waals surface area contributed by atoms with Crippen LogP contribution >= 0.6 is 0 Å². The molecule has 0 fully saturated rings. The number of hydrogen-bond donors (Lipinski definition) is 1. The zero-order valence-corrected chi connectivity index (χ0v) is 10.8. The number of rotatable bonds is 4. The SMILES string of the molecule is CN(C)Cc1ccccc1Oc1ccc(N)cc1. The van der Waals surface area contributed by atoms with Crippen LogP contribution in [0.1, 0.15) is 5.56 Å². The predicted molar refractivity (Wildman–Crippen MR) is 74.8 cm³/mol. The number of benzene rings is 2. The third kappa shape index (κ3) is 3.25. The van der Waals surface area contributed by atoms with Gasteiger partial charge in [0.15, 0.2) is 0 Å². The minimum Gasteiger partial charge on any atom is -0.457 e. The molecule has 0 spiro atoms. The van der Waals surface area contributed by atoms with Crippen molar-refractivity contribution in [2.24, 2.45) is 0 Å². The molecule has 0 radical (unpaired) electrons. The van der Waals surface area contributed by atoms with Crippen LogP contribution in [0.3, 0.4) is 0 Å². The van der Waals surface area contributed by atoms with Crippen molar-refractivity contribution in [1.29, 1.82) is 0 Å². The number of nitrogens with two attached hydrogens (primary N) is 1. The zero-order chi connectivity index (χ0) is 13.0. The lowest BCUT2D eigenvalue weighted by Crippen LogP contribution is -2.11. The van der Waals surface area contributed by atoms with Gasteiger partial charge < -0.3 is 15.4 Å². The quantitative estimate of drug-likeness (QED) is 0.837. The van der Waals surface area contributed by atoms with Crippen molar-refractivity contribution < 1.29 is 4.74 Å². The smallest absolute Gasteiger partial charge is 0.131 e. The number of nitrogens with zero attached hydrogens (tertiary/aromatic N) is 1. The van der Waals surface area contributed by atoms with Crippen LogP contribution in [-0.4, -0.2) is 19.0 Å². The Balaban J connectivity index is 2.20. The van der Waals surface area contributed by atoms with Crippen LogP contribution in [0, 0.1) is 0 Å². The van der Waals surface area contributed by atoms with Gasteiger partial charge in [0.2, 0.25) is 0 Å². The van der Waals surface area contributed by atoms with Crippen molar-refractivity contribution in [3.63, 3.8) is 0 Å². The molecule has 0 aliphatic rings. The van der Waals surface area contributed by atoms with Gasteiger partial charge in [-0.25, -0.2) is 0 Å². The number of nitrogen functional groups attached to an aromatic ring is 1. The number of hydrogen-bond acceptors (Lipinski definition) is 3. The maximum Gasteiger partial charge on any atom is 0.131 e. The van der Waals surface area contributed by atoms with Crippen molar-refractivity contribution in [1.82, 2.24) is 4.90 Å². The van der Waals surface area contributed by atoms with Crippen LogP contribution in [0.5, 0.6) is 11.5 Å². The van der Waals surface area contributed by atoms with Gasteiger partial charge in [0.05, 0.1) is 0 Å². The van der Waals surface area contributed by atoms with E-state index in [1.54, 1.807) is 0 Å². The minimum absolute atomic E-state index is 0.740. The lowest BCUT2D eigenvalue weighted by Gasteiger charge is -2.14. The lowest BCUT2D eigenvalue weighted by molar-refractivity contribution is 0.388. The lowest BCUT2D eigenvalue weighted by atomic mass is 10.2. The van der Waals surface area contributed by atoms with E-state index in [4.69, 9.17) is 10.5 Å². The Labute approximate surface area is 108 Å². The van der Waals surface area contributed by atoms with Gasteiger partial charge >= 0.3 is 0 Å². The summed E-state index contributed by atoms with van der Waals surface area (Å²) in [5.41, 5.74) is 7.56. The van der Waals surface area contributed by atoms with Crippen LogP contribution in [0.2, 0.25) is 0 Å². The second-order valence-electron chi connectivity index (χ2n) is 4.52. The van der Waals surface area contributed by atoms with Crippen LogP contribution in [0.25, 0.3) is 0 Å². The Morgan fingerprint density at radius 3 is 2.33 bits per heavy atom. The van der Waals surface area contributed by atoms with Crippen LogP contribution in [-0.2, 0) is 6.54 Å². The summed E-state index contributed by atoms with van der Waals surface area (Å²) in [5.74, 6) is 1.69. The Bertz CT molecular complexity index is 506. The van der Waals surface area contributed by atoms with Crippen molar-refractivity contribution in [2.45, 2.75) is 6.54 Å². The number of para-hydroxylation sites is 1. The molecule has 0 aliphatic carbocycles. The molecule has 0 aliphatic heterocycles. The van der Waals surface area contributed by atoms with E-state index < -0.39 is 0 Å². The molecule has 0 bridgehead atoms. The number of anilines is 1. The zero-order valence-electron chi connectivity index (χ0n) is 10.8. The van der Waals surface area contributed by atoms with Crippen LogP contribution < -0.4 is 10.5 Å². The third-order valence-corrected chi connectivity index (χ3v) is 2.57. The van der Waals surface area contributed by atoms with Crippen LogP contribution in [0.15, 0.2) is 48.5 Å². The average Bonchev–Trinajstić information content (AvgIpc) is 2.34. The van der Waals surface area contributed by atoms with Gasteiger partial charge in [-0.05, 0) is 44.4 Å². The van der Waals surface area contributed by atoms with Gasteiger partial charge in [-0.1, -0.05) is 18.2 Å². The highest BCUT2D eigenvalue weighted by Gasteiger charge is 2.05. The van der Waals surface area contributed by atoms with E-state index >= 15 is 0 Å². The largest absolute Gasteiger partial charge is 0.457 e. The minimum atomic E-state index is 0.740. The fourth-order valence-corrected chi connectivity index (χ4v) is 1.74. The molecule has 2 aromatic carbocycles. The molecule has 2 aromatic rings. The van der Waals surface area contributed by atoms with Gasteiger partial charge in [-0.3, -0.25) is 0 Å². The summed E-state index contributed by atoms with van der Waals surface area (Å²) in [5, 5.41) is 0. The van der Waals surface area contributed by atoms with E-state index in [0.717, 1.165) is 23.7 Å². The highest BCUT2D eigenvalue weighted by Crippen LogP contribution is 2.26. The van der Waals surface area contributed by atoms with E-state index in [2.05, 4.69) is 11.0 Å². The number of ether oxygens (including phenoxy) is 1. The van der Waals surface area contributed by atoms with Gasteiger partial charge in [0.1, 0.15) is 11.5 Å². The fraction of sp³-hybridized carbons (Fsp3) is 0.200. The topological polar surface area (TPSA) is 38.5 Å². The molecular weight excluding hydrogens is 224 g/mol. The molecule has 0 unspecified atom stereocenters. The average molecular weight is 242 g/mol. The van der Waals surface area contributed by atoms with Crippen molar-refractivity contribution in [2.75, 3.05) is 19.8 Å². The van der Waals surface area contributed by atoms with E-state index in [9.17, 15) is 0 Å². The van der Waals surface area contributed by atoms with Crippen molar-refractivity contribution in [3.8, 4) is 11.5 Å². The molecule has 2 N–H and O–H groups in total. The van der Waals surface area contributed by atoms with Crippen molar-refractivity contribution in [3.05, 3.63) is 54.1 Å². The summed E-state index contributed by atoms with van der Waals surface area (Å²) in [7, 11) is 4.08. The van der Waals surface area contributed by atoms with E-state index in [1.807, 2.05) is 56.6 Å². The summed E-state index contributed by atoms with van der Waals surface area (Å²) in [6.45, 7) is 0.852. The summed E-state index contributed by atoms with van der Waals surface area (Å²) in [6.07, 6.45) is 0. The maximum absolute atomic E-state index is 5.88. The van der Waals surface area contributed by atoms with Crippen LogP contribution in [0.4, 0.5) is 5.69 Å². The molecular formula is C15H18N2O.